The molecular formula is C43H48N8O14S4. The number of thiazole rings is 2. The summed E-state index contributed by atoms with van der Waals surface area (Å²) < 4.78 is 87.4. The van der Waals surface area contributed by atoms with Crippen molar-refractivity contribution in [2.24, 2.45) is 0 Å². The van der Waals surface area contributed by atoms with Gasteiger partial charge in [0, 0.05) is 90.5 Å². The Hall–Kier alpha value is -6.52. The van der Waals surface area contributed by atoms with Crippen LogP contribution in [0.5, 0.6) is 23.0 Å². The molecule has 0 bridgehead atoms. The normalized spacial score (nSPS) is 13.9. The number of methoxy groups -OCH3 is 4. The van der Waals surface area contributed by atoms with E-state index in [0.29, 0.717) is 53.8 Å². The van der Waals surface area contributed by atoms with Crippen molar-refractivity contribution in [2.75, 3.05) is 90.5 Å². The molecule has 0 spiro atoms. The van der Waals surface area contributed by atoms with Crippen LogP contribution in [0, 0.1) is 20.2 Å². The fourth-order valence-electron chi connectivity index (χ4n) is 6.52. The largest absolute Gasteiger partial charge is 0.493 e. The number of benzene rings is 4. The van der Waals surface area contributed by atoms with E-state index in [2.05, 4.69) is 29.6 Å². The molecule has 2 saturated heterocycles. The standard InChI is InChI=1S/C22H24N4O7S2.C17H15N3O6S2.C4H9NO/c1-31-18-7-6-17(13-19(18)32-2)35(29,30)24-22-23-21(15-4-3-5-16(12-15)26(27)28)20(34-22)14-25-8-10-33-11-9-25;1-25-15-7-6-13(9-16(15)26-2)28(23,24)19-17-18-14(10-27-17)11-4-3-5-12(8-11)20(21)22;1-3-6-4-2-5-1/h3-7,12-13H,8-11,14H2,1-2H3,(H,23,24);3-10H,1-2H3,(H,18,19);5H,1-4H2. The maximum atomic E-state index is 13.1. The SMILES string of the molecule is C1COCCN1.COc1ccc(S(=O)(=O)Nc2nc(-c3cccc([N+](=O)[O-])c3)c(CN3CCOCC3)s2)cc1OC.COc1ccc(S(=O)(=O)Nc2nc(-c3cccc([N+](=O)[O-])c3)cs2)cc1OC. The molecule has 2 fully saturated rings. The highest BCUT2D eigenvalue weighted by atomic mass is 32.2. The smallest absolute Gasteiger partial charge is 0.270 e. The molecule has 2 aliphatic rings. The number of rotatable bonds is 16. The molecule has 22 nitrogen and oxygen atoms in total. The number of aromatic nitrogens is 2. The van der Waals surface area contributed by atoms with Crippen molar-refractivity contribution < 1.29 is 55.1 Å². The molecule has 2 aliphatic heterocycles. The number of nitro benzene ring substituents is 2. The van der Waals surface area contributed by atoms with Gasteiger partial charge in [0.05, 0.1) is 85.9 Å². The van der Waals surface area contributed by atoms with Crippen molar-refractivity contribution in [2.45, 2.75) is 16.3 Å². The van der Waals surface area contributed by atoms with Crippen LogP contribution in [0.4, 0.5) is 21.6 Å². The number of ether oxygens (including phenoxy) is 6. The molecule has 0 aliphatic carbocycles. The third kappa shape index (κ3) is 14.0. The molecule has 368 valence electrons. The summed E-state index contributed by atoms with van der Waals surface area (Å²) in [5.74, 6) is 1.37. The summed E-state index contributed by atoms with van der Waals surface area (Å²) in [7, 11) is -2.15. The number of non-ortho nitro benzene ring substituents is 2. The van der Waals surface area contributed by atoms with Crippen LogP contribution in [0.25, 0.3) is 22.5 Å². The Labute approximate surface area is 405 Å². The monoisotopic (exact) mass is 1030 g/mol. The summed E-state index contributed by atoms with van der Waals surface area (Å²) in [6.07, 6.45) is 0. The number of anilines is 2. The second kappa shape index (κ2) is 24.2. The van der Waals surface area contributed by atoms with Crippen molar-refractivity contribution >= 4 is 64.4 Å². The first-order valence-corrected chi connectivity index (χ1v) is 25.3. The highest BCUT2D eigenvalue weighted by molar-refractivity contribution is 7.93. The van der Waals surface area contributed by atoms with Gasteiger partial charge in [-0.05, 0) is 24.3 Å². The lowest BCUT2D eigenvalue weighted by atomic mass is 10.1. The lowest BCUT2D eigenvalue weighted by molar-refractivity contribution is -0.385. The highest BCUT2D eigenvalue weighted by Gasteiger charge is 2.24. The van der Waals surface area contributed by atoms with Crippen LogP contribution < -0.4 is 33.7 Å². The van der Waals surface area contributed by atoms with E-state index in [9.17, 15) is 37.1 Å². The van der Waals surface area contributed by atoms with Gasteiger partial charge in [0.15, 0.2) is 33.3 Å². The second-order valence-corrected chi connectivity index (χ2v) is 19.7. The van der Waals surface area contributed by atoms with Gasteiger partial charge in [-0.1, -0.05) is 35.6 Å². The van der Waals surface area contributed by atoms with E-state index < -0.39 is 29.9 Å². The molecule has 0 radical (unpaired) electrons. The minimum atomic E-state index is -3.99. The van der Waals surface area contributed by atoms with Crippen LogP contribution in [-0.4, -0.2) is 123 Å². The van der Waals surface area contributed by atoms with E-state index >= 15 is 0 Å². The van der Waals surface area contributed by atoms with Gasteiger partial charge in [-0.3, -0.25) is 34.6 Å². The lowest BCUT2D eigenvalue weighted by Gasteiger charge is -2.26. The van der Waals surface area contributed by atoms with E-state index in [1.54, 1.807) is 29.6 Å². The summed E-state index contributed by atoms with van der Waals surface area (Å²) in [6, 6.07) is 20.6. The molecule has 8 rings (SSSR count). The quantitative estimate of drug-likeness (QED) is 0.0688. The Morgan fingerprint density at radius 3 is 1.67 bits per heavy atom. The Bertz CT molecular complexity index is 2930. The maximum Gasteiger partial charge on any atom is 0.270 e. The van der Waals surface area contributed by atoms with Crippen molar-refractivity contribution in [3.05, 3.63) is 115 Å². The summed E-state index contributed by atoms with van der Waals surface area (Å²) in [6.45, 7) is 6.99. The fraction of sp³-hybridized carbons (Fsp3) is 0.302. The minimum Gasteiger partial charge on any atom is -0.493 e. The van der Waals surface area contributed by atoms with Gasteiger partial charge in [0.1, 0.15) is 0 Å². The van der Waals surface area contributed by atoms with E-state index in [1.165, 1.54) is 100 Å². The summed E-state index contributed by atoms with van der Waals surface area (Å²) in [5.41, 5.74) is 1.84. The van der Waals surface area contributed by atoms with Gasteiger partial charge < -0.3 is 33.7 Å². The molecule has 26 heteroatoms. The van der Waals surface area contributed by atoms with Gasteiger partial charge in [0.25, 0.3) is 31.4 Å². The van der Waals surface area contributed by atoms with E-state index in [4.69, 9.17) is 28.4 Å². The summed E-state index contributed by atoms with van der Waals surface area (Å²) >= 11 is 2.26. The number of hydrogen-bond acceptors (Lipinski definition) is 20. The maximum absolute atomic E-state index is 13.1. The lowest BCUT2D eigenvalue weighted by Crippen LogP contribution is -2.35. The predicted molar refractivity (Wildman–Crippen MR) is 259 cm³/mol. The zero-order chi connectivity index (χ0) is 49.6. The number of morpholine rings is 2. The fourth-order valence-corrected chi connectivity index (χ4v) is 10.8. The van der Waals surface area contributed by atoms with Crippen LogP contribution in [0.3, 0.4) is 0 Å². The highest BCUT2D eigenvalue weighted by Crippen LogP contribution is 2.37. The molecule has 0 unspecified atom stereocenters. The molecule has 0 amide bonds. The first-order chi connectivity index (χ1) is 33.1. The van der Waals surface area contributed by atoms with Crippen LogP contribution in [0.2, 0.25) is 0 Å². The molecule has 0 atom stereocenters. The molecule has 2 aromatic heterocycles. The molecular weight excluding hydrogens is 981 g/mol. The number of nitrogens with zero attached hydrogens (tertiary/aromatic N) is 5. The third-order valence-corrected chi connectivity index (χ3v) is 14.6. The predicted octanol–water partition coefficient (Wildman–Crippen LogP) is 6.51. The Kier molecular flexibility index (Phi) is 18.2. The second-order valence-electron chi connectivity index (χ2n) is 14.4. The van der Waals surface area contributed by atoms with Crippen LogP contribution in [0.15, 0.2) is 100 Å². The number of nitrogens with one attached hydrogen (secondary N) is 3. The topological polar surface area (TPSA) is 275 Å². The van der Waals surface area contributed by atoms with Gasteiger partial charge >= 0.3 is 0 Å². The number of nitro groups is 2. The van der Waals surface area contributed by atoms with Crippen LogP contribution in [-0.2, 0) is 36.1 Å². The summed E-state index contributed by atoms with van der Waals surface area (Å²) in [4.78, 5) is 32.9. The van der Waals surface area contributed by atoms with Gasteiger partial charge in [-0.25, -0.2) is 26.8 Å². The number of sulfonamides is 2. The van der Waals surface area contributed by atoms with Crippen LogP contribution in [0.1, 0.15) is 4.88 Å². The van der Waals surface area contributed by atoms with Crippen molar-refractivity contribution in [1.82, 2.24) is 20.2 Å². The Morgan fingerprint density at radius 1 is 0.667 bits per heavy atom. The summed E-state index contributed by atoms with van der Waals surface area (Å²) in [5, 5.41) is 27.3. The van der Waals surface area contributed by atoms with Gasteiger partial charge in [0.2, 0.25) is 0 Å². The van der Waals surface area contributed by atoms with E-state index in [0.717, 1.165) is 55.6 Å². The van der Waals surface area contributed by atoms with E-state index in [-0.39, 0.29) is 42.9 Å². The molecule has 4 heterocycles. The van der Waals surface area contributed by atoms with Gasteiger partial charge in [-0.2, -0.15) is 0 Å². The zero-order valence-electron chi connectivity index (χ0n) is 37.6. The molecule has 69 heavy (non-hydrogen) atoms. The first-order valence-electron chi connectivity index (χ1n) is 20.7. The molecule has 3 N–H and O–H groups in total. The average Bonchev–Trinajstić information content (AvgIpc) is 4.00. The zero-order valence-corrected chi connectivity index (χ0v) is 40.9. The van der Waals surface area contributed by atoms with E-state index in [1.807, 2.05) is 0 Å². The Morgan fingerprint density at radius 2 is 1.17 bits per heavy atom. The van der Waals surface area contributed by atoms with Crippen molar-refractivity contribution in [1.29, 1.82) is 0 Å². The molecule has 4 aromatic carbocycles. The molecule has 6 aromatic rings. The minimum absolute atomic E-state index is 0.0164. The van der Waals surface area contributed by atoms with Crippen molar-refractivity contribution in [3.63, 3.8) is 0 Å². The van der Waals surface area contributed by atoms with Crippen molar-refractivity contribution in [3.8, 4) is 45.5 Å². The average molecular weight is 1030 g/mol. The van der Waals surface area contributed by atoms with Gasteiger partial charge in [-0.15, -0.1) is 11.3 Å². The van der Waals surface area contributed by atoms with Crippen LogP contribution >= 0.6 is 22.7 Å². The first kappa shape index (κ1) is 51.9. The molecule has 0 saturated carbocycles. The number of hydrogen-bond donors (Lipinski definition) is 3. The Balaban J connectivity index is 0.000000206. The third-order valence-electron chi connectivity index (χ3n) is 9.98.